The zero-order valence-electron chi connectivity index (χ0n) is 8.88. The van der Waals surface area contributed by atoms with Crippen molar-refractivity contribution < 1.29 is 14.7 Å². The minimum absolute atomic E-state index is 0.402. The number of hydrogen-bond donors (Lipinski definition) is 1. The lowest BCUT2D eigenvalue weighted by Gasteiger charge is -2.20. The normalized spacial score (nSPS) is 12.2. The van der Waals surface area contributed by atoms with Crippen LogP contribution in [-0.2, 0) is 9.63 Å². The molecule has 1 aromatic rings. The van der Waals surface area contributed by atoms with Crippen LogP contribution in [0.3, 0.4) is 0 Å². The van der Waals surface area contributed by atoms with Gasteiger partial charge in [0.2, 0.25) is 0 Å². The van der Waals surface area contributed by atoms with Crippen molar-refractivity contribution in [3.05, 3.63) is 35.9 Å². The van der Waals surface area contributed by atoms with Crippen LogP contribution >= 0.6 is 0 Å². The molecule has 1 unspecified atom stereocenters. The number of carbonyl (C=O) groups is 1. The van der Waals surface area contributed by atoms with Crippen molar-refractivity contribution in [2.24, 2.45) is 0 Å². The van der Waals surface area contributed by atoms with Gasteiger partial charge in [0.25, 0.3) is 5.91 Å². The van der Waals surface area contributed by atoms with Crippen molar-refractivity contribution in [1.29, 1.82) is 0 Å². The summed E-state index contributed by atoms with van der Waals surface area (Å²) in [7, 11) is 1.40. The summed E-state index contributed by atoms with van der Waals surface area (Å²) in [5, 5.41) is 10.9. The van der Waals surface area contributed by atoms with E-state index in [0.717, 1.165) is 5.06 Å². The lowest BCUT2D eigenvalue weighted by atomic mass is 10.1. The van der Waals surface area contributed by atoms with Gasteiger partial charge >= 0.3 is 0 Å². The minimum atomic E-state index is -1.16. The fourth-order valence-electron chi connectivity index (χ4n) is 1.29. The van der Waals surface area contributed by atoms with Gasteiger partial charge in [0, 0.05) is 6.54 Å². The molecule has 0 aliphatic rings. The zero-order valence-corrected chi connectivity index (χ0v) is 8.88. The summed E-state index contributed by atoms with van der Waals surface area (Å²) in [6.07, 6.45) is -1.16. The first-order valence-electron chi connectivity index (χ1n) is 4.79. The standard InChI is InChI=1S/C11H15NO3/c1-3-12(15-2)11(14)10(13)9-7-5-4-6-8-9/h4-8,10,13H,3H2,1-2H3. The highest BCUT2D eigenvalue weighted by Crippen LogP contribution is 2.14. The largest absolute Gasteiger partial charge is 0.378 e. The van der Waals surface area contributed by atoms with Crippen LogP contribution < -0.4 is 0 Å². The number of aliphatic hydroxyl groups is 1. The molecule has 0 fully saturated rings. The molecule has 0 saturated heterocycles. The van der Waals surface area contributed by atoms with E-state index in [2.05, 4.69) is 0 Å². The maximum atomic E-state index is 11.7. The molecule has 1 N–H and O–H groups in total. The third kappa shape index (κ3) is 2.78. The molecule has 4 heteroatoms. The van der Waals surface area contributed by atoms with Gasteiger partial charge in [-0.15, -0.1) is 0 Å². The van der Waals surface area contributed by atoms with Crippen molar-refractivity contribution in [3.63, 3.8) is 0 Å². The molecule has 0 bridgehead atoms. The van der Waals surface area contributed by atoms with Crippen LogP contribution in [0.25, 0.3) is 0 Å². The van der Waals surface area contributed by atoms with E-state index in [9.17, 15) is 9.90 Å². The van der Waals surface area contributed by atoms with Crippen LogP contribution in [0.4, 0.5) is 0 Å². The maximum Gasteiger partial charge on any atom is 0.279 e. The summed E-state index contributed by atoms with van der Waals surface area (Å²) in [6.45, 7) is 2.18. The van der Waals surface area contributed by atoms with E-state index in [4.69, 9.17) is 4.84 Å². The van der Waals surface area contributed by atoms with Gasteiger partial charge in [-0.05, 0) is 12.5 Å². The van der Waals surface area contributed by atoms with Crippen LogP contribution in [0, 0.1) is 0 Å². The predicted molar refractivity (Wildman–Crippen MR) is 55.8 cm³/mol. The number of amides is 1. The Kier molecular flexibility index (Phi) is 4.27. The molecule has 1 aromatic carbocycles. The molecule has 15 heavy (non-hydrogen) atoms. The summed E-state index contributed by atoms with van der Waals surface area (Å²) >= 11 is 0. The summed E-state index contributed by atoms with van der Waals surface area (Å²) in [4.78, 5) is 16.5. The third-order valence-corrected chi connectivity index (χ3v) is 2.10. The molecule has 0 aromatic heterocycles. The lowest BCUT2D eigenvalue weighted by Crippen LogP contribution is -2.34. The van der Waals surface area contributed by atoms with Crippen LogP contribution in [-0.4, -0.2) is 29.7 Å². The second kappa shape index (κ2) is 5.48. The number of aliphatic hydroxyl groups excluding tert-OH is 1. The second-order valence-corrected chi connectivity index (χ2v) is 3.03. The Hall–Kier alpha value is -1.39. The van der Waals surface area contributed by atoms with E-state index in [1.165, 1.54) is 7.11 Å². The van der Waals surface area contributed by atoms with Gasteiger partial charge in [0.15, 0.2) is 6.10 Å². The first-order valence-corrected chi connectivity index (χ1v) is 4.79. The number of hydroxylamine groups is 2. The van der Waals surface area contributed by atoms with Crippen molar-refractivity contribution in [1.82, 2.24) is 5.06 Å². The predicted octanol–water partition coefficient (Wildman–Crippen LogP) is 1.13. The van der Waals surface area contributed by atoms with E-state index in [1.807, 2.05) is 6.07 Å². The molecule has 0 radical (unpaired) electrons. The SMILES string of the molecule is CCN(OC)C(=O)C(O)c1ccccc1. The molecule has 0 spiro atoms. The fourth-order valence-corrected chi connectivity index (χ4v) is 1.29. The fraction of sp³-hybridized carbons (Fsp3) is 0.364. The van der Waals surface area contributed by atoms with Crippen LogP contribution in [0.5, 0.6) is 0 Å². The Balaban J connectivity index is 2.76. The van der Waals surface area contributed by atoms with Gasteiger partial charge in [0.1, 0.15) is 0 Å². The number of carbonyl (C=O) groups excluding carboxylic acids is 1. The summed E-state index contributed by atoms with van der Waals surface area (Å²) in [6, 6.07) is 8.77. The summed E-state index contributed by atoms with van der Waals surface area (Å²) in [5.41, 5.74) is 0.568. The molecule has 1 atom stereocenters. The van der Waals surface area contributed by atoms with Crippen LogP contribution in [0.15, 0.2) is 30.3 Å². The highest BCUT2D eigenvalue weighted by Gasteiger charge is 2.22. The van der Waals surface area contributed by atoms with E-state index < -0.39 is 12.0 Å². The van der Waals surface area contributed by atoms with Gasteiger partial charge < -0.3 is 5.11 Å². The topological polar surface area (TPSA) is 49.8 Å². The average Bonchev–Trinajstić information content (AvgIpc) is 2.30. The lowest BCUT2D eigenvalue weighted by molar-refractivity contribution is -0.184. The first kappa shape index (κ1) is 11.7. The number of rotatable bonds is 4. The monoisotopic (exact) mass is 209 g/mol. The van der Waals surface area contributed by atoms with E-state index in [1.54, 1.807) is 31.2 Å². The molecule has 0 saturated carbocycles. The number of hydrogen-bond acceptors (Lipinski definition) is 3. The van der Waals surface area contributed by atoms with Gasteiger partial charge in [-0.3, -0.25) is 9.63 Å². The Labute approximate surface area is 89.0 Å². The highest BCUT2D eigenvalue weighted by molar-refractivity contribution is 5.81. The Bertz CT molecular complexity index is 309. The summed E-state index contributed by atoms with van der Waals surface area (Å²) in [5.74, 6) is -0.453. The highest BCUT2D eigenvalue weighted by atomic mass is 16.7. The van der Waals surface area contributed by atoms with Crippen molar-refractivity contribution >= 4 is 5.91 Å². The Morgan fingerprint density at radius 2 is 2.07 bits per heavy atom. The number of likely N-dealkylation sites (N-methyl/N-ethyl adjacent to an activating group) is 1. The maximum absolute atomic E-state index is 11.7. The zero-order chi connectivity index (χ0) is 11.3. The average molecular weight is 209 g/mol. The molecular formula is C11H15NO3. The molecule has 82 valence electrons. The van der Waals surface area contributed by atoms with Gasteiger partial charge in [-0.25, -0.2) is 5.06 Å². The van der Waals surface area contributed by atoms with Crippen molar-refractivity contribution in [2.45, 2.75) is 13.0 Å². The van der Waals surface area contributed by atoms with Gasteiger partial charge in [0.05, 0.1) is 7.11 Å². The molecule has 0 aliphatic carbocycles. The van der Waals surface area contributed by atoms with E-state index in [0.29, 0.717) is 12.1 Å². The van der Waals surface area contributed by atoms with Gasteiger partial charge in [-0.1, -0.05) is 30.3 Å². The minimum Gasteiger partial charge on any atom is -0.378 e. The molecule has 0 heterocycles. The van der Waals surface area contributed by atoms with E-state index in [-0.39, 0.29) is 0 Å². The second-order valence-electron chi connectivity index (χ2n) is 3.03. The smallest absolute Gasteiger partial charge is 0.279 e. The van der Waals surface area contributed by atoms with Gasteiger partial charge in [-0.2, -0.15) is 0 Å². The summed E-state index contributed by atoms with van der Waals surface area (Å²) < 4.78 is 0. The van der Waals surface area contributed by atoms with Crippen LogP contribution in [0.2, 0.25) is 0 Å². The molecule has 1 amide bonds. The Morgan fingerprint density at radius 1 is 1.47 bits per heavy atom. The van der Waals surface area contributed by atoms with Crippen molar-refractivity contribution in [2.75, 3.05) is 13.7 Å². The number of nitrogens with zero attached hydrogens (tertiary/aromatic N) is 1. The third-order valence-electron chi connectivity index (χ3n) is 2.10. The molecular weight excluding hydrogens is 194 g/mol. The number of benzene rings is 1. The molecule has 1 rings (SSSR count). The molecule has 4 nitrogen and oxygen atoms in total. The first-order chi connectivity index (χ1) is 7.20. The van der Waals surface area contributed by atoms with E-state index >= 15 is 0 Å². The molecule has 0 aliphatic heterocycles. The quantitative estimate of drug-likeness (QED) is 0.756. The Morgan fingerprint density at radius 3 is 2.53 bits per heavy atom. The van der Waals surface area contributed by atoms with Crippen LogP contribution in [0.1, 0.15) is 18.6 Å². The van der Waals surface area contributed by atoms with Crippen molar-refractivity contribution in [3.8, 4) is 0 Å².